The minimum atomic E-state index is -1.28. The van der Waals surface area contributed by atoms with Crippen molar-refractivity contribution < 1.29 is 24.2 Å². The number of carbonyl (C=O) groups excluding carboxylic acids is 2. The van der Waals surface area contributed by atoms with E-state index in [9.17, 15) is 14.7 Å². The van der Waals surface area contributed by atoms with Crippen LogP contribution in [0.15, 0.2) is 66.2 Å². The summed E-state index contributed by atoms with van der Waals surface area (Å²) in [6.07, 6.45) is 1.45. The van der Waals surface area contributed by atoms with E-state index in [1.54, 1.807) is 12.1 Å². The van der Waals surface area contributed by atoms with Gasteiger partial charge < -0.3 is 19.5 Å². The van der Waals surface area contributed by atoms with E-state index >= 15 is 0 Å². The summed E-state index contributed by atoms with van der Waals surface area (Å²) in [6.45, 7) is 5.40. The minimum Gasteiger partial charge on any atom is -0.505 e. The summed E-state index contributed by atoms with van der Waals surface area (Å²) in [7, 11) is 1.91. The normalized spacial score (nSPS) is 14.9. The van der Waals surface area contributed by atoms with Gasteiger partial charge in [0, 0.05) is 38.7 Å². The lowest BCUT2D eigenvalue weighted by atomic mass is 10.1. The molecular weight excluding hydrogens is 472 g/mol. The van der Waals surface area contributed by atoms with Gasteiger partial charge in [0.25, 0.3) is 5.79 Å². The number of benzene rings is 3. The molecule has 1 aromatic heterocycles. The molecule has 2 heterocycles. The number of aryl methyl sites for hydroxylation is 1. The maximum atomic E-state index is 12.2. The summed E-state index contributed by atoms with van der Waals surface area (Å²) in [5.41, 5.74) is 5.06. The highest BCUT2D eigenvalue weighted by atomic mass is 16.7. The van der Waals surface area contributed by atoms with Crippen LogP contribution in [0, 0.1) is 6.92 Å². The molecule has 188 valence electrons. The van der Waals surface area contributed by atoms with Gasteiger partial charge in [-0.05, 0) is 54.5 Å². The van der Waals surface area contributed by atoms with Gasteiger partial charge >= 0.3 is 11.9 Å². The number of aromatic nitrogens is 3. The summed E-state index contributed by atoms with van der Waals surface area (Å²) in [4.78, 5) is 27.9. The number of hydrogen-bond donors (Lipinski definition) is 1. The average molecular weight is 499 g/mol. The Hall–Kier alpha value is -4.66. The first kappa shape index (κ1) is 24.1. The van der Waals surface area contributed by atoms with Crippen molar-refractivity contribution in [1.82, 2.24) is 15.0 Å². The molecule has 3 aromatic carbocycles. The maximum absolute atomic E-state index is 12.2. The molecule has 37 heavy (non-hydrogen) atoms. The highest BCUT2D eigenvalue weighted by molar-refractivity contribution is 6.18. The third-order valence-electron chi connectivity index (χ3n) is 5.98. The van der Waals surface area contributed by atoms with Gasteiger partial charge in [-0.3, -0.25) is 0 Å². The predicted octanol–water partition coefficient (Wildman–Crippen LogP) is 4.29. The van der Waals surface area contributed by atoms with Gasteiger partial charge in [0.05, 0.1) is 0 Å². The first-order valence-electron chi connectivity index (χ1n) is 11.7. The van der Waals surface area contributed by atoms with Gasteiger partial charge in [-0.25, -0.2) is 9.59 Å². The van der Waals surface area contributed by atoms with Crippen molar-refractivity contribution in [1.29, 1.82) is 0 Å². The summed E-state index contributed by atoms with van der Waals surface area (Å²) in [5.74, 6) is -2.60. The predicted molar refractivity (Wildman–Crippen MR) is 138 cm³/mol. The molecule has 0 bridgehead atoms. The largest absolute Gasteiger partial charge is 0.505 e. The van der Waals surface area contributed by atoms with E-state index in [0.717, 1.165) is 27.8 Å². The Labute approximate surface area is 213 Å². The van der Waals surface area contributed by atoms with Gasteiger partial charge in [-0.15, -0.1) is 15.0 Å². The quantitative estimate of drug-likeness (QED) is 0.247. The minimum absolute atomic E-state index is 0.108. The third-order valence-corrected chi connectivity index (χ3v) is 5.98. The molecule has 0 unspecified atom stereocenters. The van der Waals surface area contributed by atoms with Crippen molar-refractivity contribution in [2.45, 2.75) is 33.1 Å². The number of rotatable bonds is 5. The van der Waals surface area contributed by atoms with Gasteiger partial charge in [0.15, 0.2) is 0 Å². The van der Waals surface area contributed by atoms with Crippen LogP contribution >= 0.6 is 0 Å². The van der Waals surface area contributed by atoms with Crippen LogP contribution in [-0.4, -0.2) is 44.9 Å². The Morgan fingerprint density at radius 1 is 0.973 bits per heavy atom. The molecule has 0 radical (unpaired) electrons. The first-order valence-corrected chi connectivity index (χ1v) is 11.7. The van der Waals surface area contributed by atoms with Crippen molar-refractivity contribution in [3.05, 3.63) is 82.9 Å². The number of phenolic OH excluding ortho intramolecular Hbond substituents is 1. The SMILES string of the molecule is Cc1cc(CN(C)c2ccc(C=C3C(=O)OC(C)(C)OC3=O)cc2)c(O)c(-n2nc3ccccc3n2)c1. The number of hydrogen-bond acceptors (Lipinski definition) is 8. The molecule has 0 amide bonds. The third kappa shape index (κ3) is 4.88. The number of anilines is 1. The zero-order valence-corrected chi connectivity index (χ0v) is 20.9. The van der Waals surface area contributed by atoms with E-state index in [4.69, 9.17) is 9.47 Å². The van der Waals surface area contributed by atoms with E-state index in [-0.39, 0.29) is 11.3 Å². The molecule has 0 spiro atoms. The molecule has 1 aliphatic heterocycles. The summed E-state index contributed by atoms with van der Waals surface area (Å²) in [6, 6.07) is 18.6. The number of fused-ring (bicyclic) bond motifs is 1. The lowest BCUT2D eigenvalue weighted by Gasteiger charge is -2.29. The average Bonchev–Trinajstić information content (AvgIpc) is 3.27. The number of nitrogens with zero attached hydrogens (tertiary/aromatic N) is 4. The second-order valence-electron chi connectivity index (χ2n) is 9.45. The number of ether oxygens (including phenoxy) is 2. The van der Waals surface area contributed by atoms with E-state index in [1.807, 2.05) is 67.4 Å². The Balaban J connectivity index is 1.36. The highest BCUT2D eigenvalue weighted by Crippen LogP contribution is 2.30. The fraction of sp³-hybridized carbons (Fsp3) is 0.214. The van der Waals surface area contributed by atoms with Crippen LogP contribution in [0.4, 0.5) is 5.69 Å². The number of carbonyl (C=O) groups is 2. The van der Waals surface area contributed by atoms with Gasteiger partial charge in [0.1, 0.15) is 28.0 Å². The van der Waals surface area contributed by atoms with Crippen LogP contribution in [0.3, 0.4) is 0 Å². The smallest absolute Gasteiger partial charge is 0.348 e. The number of phenols is 1. The number of cyclic esters (lactones) is 2. The summed E-state index contributed by atoms with van der Waals surface area (Å²) < 4.78 is 10.3. The van der Waals surface area contributed by atoms with Crippen molar-refractivity contribution in [2.24, 2.45) is 0 Å². The highest BCUT2D eigenvalue weighted by Gasteiger charge is 2.38. The molecule has 0 atom stereocenters. The number of esters is 2. The van der Waals surface area contributed by atoms with E-state index in [2.05, 4.69) is 10.2 Å². The van der Waals surface area contributed by atoms with Crippen molar-refractivity contribution >= 4 is 34.7 Å². The van der Waals surface area contributed by atoms with E-state index in [0.29, 0.717) is 17.8 Å². The topological polar surface area (TPSA) is 107 Å². The summed E-state index contributed by atoms with van der Waals surface area (Å²) >= 11 is 0. The second kappa shape index (κ2) is 9.09. The maximum Gasteiger partial charge on any atom is 0.348 e. The Morgan fingerprint density at radius 3 is 2.16 bits per heavy atom. The molecule has 4 aromatic rings. The molecule has 1 aliphatic rings. The zero-order chi connectivity index (χ0) is 26.3. The second-order valence-corrected chi connectivity index (χ2v) is 9.45. The van der Waals surface area contributed by atoms with Crippen molar-refractivity contribution in [3.8, 4) is 11.4 Å². The molecule has 1 fully saturated rings. The molecule has 0 aliphatic carbocycles. The molecule has 1 saturated heterocycles. The van der Waals surface area contributed by atoms with Crippen molar-refractivity contribution in [2.75, 3.05) is 11.9 Å². The Kier molecular flexibility index (Phi) is 5.91. The molecule has 1 N–H and O–H groups in total. The van der Waals surface area contributed by atoms with Crippen LogP contribution in [0.5, 0.6) is 5.75 Å². The molecule has 9 nitrogen and oxygen atoms in total. The standard InChI is InChI=1S/C28H26N4O5/c1-17-13-19(25(33)24(14-17)32-29-22-7-5-6-8-23(22)30-32)16-31(4)20-11-9-18(10-12-20)15-21-26(34)36-28(2,3)37-27(21)35/h5-15,33H,16H2,1-4H3. The van der Waals surface area contributed by atoms with Crippen molar-refractivity contribution in [3.63, 3.8) is 0 Å². The lowest BCUT2D eigenvalue weighted by Crippen LogP contribution is -2.41. The monoisotopic (exact) mass is 498 g/mol. The Morgan fingerprint density at radius 2 is 1.57 bits per heavy atom. The number of aromatic hydroxyl groups is 1. The van der Waals surface area contributed by atoms with Crippen LogP contribution in [-0.2, 0) is 25.6 Å². The first-order chi connectivity index (χ1) is 17.6. The summed E-state index contributed by atoms with van der Waals surface area (Å²) in [5, 5.41) is 20.1. The van der Waals surface area contributed by atoms with Crippen LogP contribution in [0.25, 0.3) is 22.8 Å². The zero-order valence-electron chi connectivity index (χ0n) is 20.9. The Bertz CT molecular complexity index is 1500. The van der Waals surface area contributed by atoms with Gasteiger partial charge in [-0.1, -0.05) is 30.3 Å². The van der Waals surface area contributed by atoms with Crippen LogP contribution < -0.4 is 4.90 Å². The van der Waals surface area contributed by atoms with Crippen LogP contribution in [0.2, 0.25) is 0 Å². The van der Waals surface area contributed by atoms with E-state index in [1.165, 1.54) is 24.7 Å². The van der Waals surface area contributed by atoms with Gasteiger partial charge in [0.2, 0.25) is 0 Å². The fourth-order valence-corrected chi connectivity index (χ4v) is 4.19. The molecular formula is C28H26N4O5. The van der Waals surface area contributed by atoms with Gasteiger partial charge in [-0.2, -0.15) is 0 Å². The van der Waals surface area contributed by atoms with E-state index < -0.39 is 17.7 Å². The molecule has 9 heteroatoms. The van der Waals surface area contributed by atoms with Crippen LogP contribution in [0.1, 0.15) is 30.5 Å². The lowest BCUT2D eigenvalue weighted by molar-refractivity contribution is -0.222. The molecule has 5 rings (SSSR count). The fourth-order valence-electron chi connectivity index (χ4n) is 4.19. The molecule has 0 saturated carbocycles.